The topological polar surface area (TPSA) is 150 Å². The summed E-state index contributed by atoms with van der Waals surface area (Å²) in [5.74, 6) is -0.591. The number of carbonyl (C=O) groups is 1. The Balaban J connectivity index is 0.888. The molecule has 1 spiro atoms. The van der Waals surface area contributed by atoms with Crippen molar-refractivity contribution in [3.8, 4) is 0 Å². The fraction of sp³-hybridized carbons (Fsp3) is 0.881. The SMILES string of the molecule is C=C1C2C3C[C@@]45CC6OC7C(O4)[C@H]4OC(CCC4O[C@H]7C6O5)CC(=O)OC4C(C[C@H]5OC(CC[C@@H]1OC32)CC(C)C5=C)OC1CC(O)C(CCO)OC1[C@@H]4C. The molecule has 14 bridgehead atoms. The summed E-state index contributed by atoms with van der Waals surface area (Å²) >= 11 is 0. The number of fused-ring (bicyclic) bond motifs is 4. The molecule has 0 aromatic heterocycles. The highest BCUT2D eigenvalue weighted by atomic mass is 16.8. The van der Waals surface area contributed by atoms with Crippen molar-refractivity contribution in [2.75, 3.05) is 6.61 Å². The van der Waals surface area contributed by atoms with Crippen molar-refractivity contribution in [1.29, 1.82) is 0 Å². The van der Waals surface area contributed by atoms with Crippen molar-refractivity contribution in [3.63, 3.8) is 0 Å². The van der Waals surface area contributed by atoms with Crippen molar-refractivity contribution < 1.29 is 62.4 Å². The average Bonchev–Trinajstić information content (AvgIpc) is 3.41. The number of esters is 1. The lowest BCUT2D eigenvalue weighted by Gasteiger charge is -2.51. The molecule has 0 radical (unpaired) electrons. The van der Waals surface area contributed by atoms with Crippen molar-refractivity contribution in [2.24, 2.45) is 23.7 Å². The smallest absolute Gasteiger partial charge is 0.308 e. The van der Waals surface area contributed by atoms with E-state index in [4.69, 9.17) is 47.4 Å². The molecule has 0 amide bonds. The van der Waals surface area contributed by atoms with Gasteiger partial charge in [0.2, 0.25) is 0 Å². The fourth-order valence-corrected chi connectivity index (χ4v) is 12.6. The summed E-state index contributed by atoms with van der Waals surface area (Å²) in [5.41, 5.74) is 2.19. The highest BCUT2D eigenvalue weighted by Gasteiger charge is 2.71. The Hall–Kier alpha value is -1.49. The Kier molecular flexibility index (Phi) is 8.99. The van der Waals surface area contributed by atoms with Crippen LogP contribution >= 0.6 is 0 Å². The second kappa shape index (κ2) is 13.5. The van der Waals surface area contributed by atoms with Gasteiger partial charge in [-0.3, -0.25) is 4.79 Å². The van der Waals surface area contributed by atoms with Crippen LogP contribution in [0.4, 0.5) is 0 Å². The van der Waals surface area contributed by atoms with Gasteiger partial charge in [0.1, 0.15) is 36.6 Å². The van der Waals surface area contributed by atoms with Crippen molar-refractivity contribution in [2.45, 2.75) is 200 Å². The number of aliphatic hydroxyl groups excluding tert-OH is 2. The molecule has 13 heteroatoms. The van der Waals surface area contributed by atoms with E-state index in [2.05, 4.69) is 20.1 Å². The van der Waals surface area contributed by atoms with Crippen LogP contribution in [0.2, 0.25) is 0 Å². The van der Waals surface area contributed by atoms with Gasteiger partial charge in [-0.15, -0.1) is 0 Å². The minimum absolute atomic E-state index is 0.0101. The van der Waals surface area contributed by atoms with Crippen LogP contribution in [-0.2, 0) is 52.2 Å². The van der Waals surface area contributed by atoms with Crippen LogP contribution in [0.15, 0.2) is 24.3 Å². The molecule has 0 aromatic rings. The molecule has 1 saturated carbocycles. The first-order valence-corrected chi connectivity index (χ1v) is 21.4. The summed E-state index contributed by atoms with van der Waals surface area (Å²) in [4.78, 5) is 14.0. The molecule has 12 heterocycles. The first-order valence-electron chi connectivity index (χ1n) is 21.4. The molecule has 304 valence electrons. The van der Waals surface area contributed by atoms with E-state index in [1.54, 1.807) is 0 Å². The zero-order valence-corrected chi connectivity index (χ0v) is 32.0. The molecule has 13 nitrogen and oxygen atoms in total. The van der Waals surface area contributed by atoms with E-state index in [1.165, 1.54) is 5.57 Å². The van der Waals surface area contributed by atoms with Crippen LogP contribution in [0.25, 0.3) is 0 Å². The van der Waals surface area contributed by atoms with Crippen LogP contribution in [0, 0.1) is 23.7 Å². The van der Waals surface area contributed by atoms with E-state index < -0.39 is 48.5 Å². The molecule has 0 aromatic carbocycles. The summed E-state index contributed by atoms with van der Waals surface area (Å²) in [6.45, 7) is 13.2. The largest absolute Gasteiger partial charge is 0.459 e. The van der Waals surface area contributed by atoms with Crippen LogP contribution in [0.1, 0.15) is 84.5 Å². The van der Waals surface area contributed by atoms with Gasteiger partial charge in [0, 0.05) is 44.1 Å². The second-order valence-electron chi connectivity index (χ2n) is 18.9. The lowest BCUT2D eigenvalue weighted by Crippen LogP contribution is -2.62. The maximum Gasteiger partial charge on any atom is 0.308 e. The number of hydrogen-bond donors (Lipinski definition) is 2. The molecular weight excluding hydrogens is 712 g/mol. The van der Waals surface area contributed by atoms with Gasteiger partial charge >= 0.3 is 5.97 Å². The first kappa shape index (κ1) is 36.6. The van der Waals surface area contributed by atoms with E-state index in [0.717, 1.165) is 31.3 Å². The fourth-order valence-electron chi connectivity index (χ4n) is 12.6. The number of carbonyl (C=O) groups excluding carboxylic acids is 1. The van der Waals surface area contributed by atoms with Gasteiger partial charge in [0.05, 0.1) is 79.7 Å². The molecule has 2 N–H and O–H groups in total. The minimum atomic E-state index is -0.803. The predicted octanol–water partition coefficient (Wildman–Crippen LogP) is 3.05. The summed E-state index contributed by atoms with van der Waals surface area (Å²) in [6.07, 6.45) is 1.03. The van der Waals surface area contributed by atoms with Gasteiger partial charge < -0.3 is 57.6 Å². The number of aliphatic hydroxyl groups is 2. The number of rotatable bonds is 2. The Morgan fingerprint density at radius 1 is 0.673 bits per heavy atom. The van der Waals surface area contributed by atoms with Crippen molar-refractivity contribution >= 4 is 5.97 Å². The quantitative estimate of drug-likeness (QED) is 0.313. The maximum absolute atomic E-state index is 14.0. The van der Waals surface area contributed by atoms with E-state index in [-0.39, 0.29) is 104 Å². The third-order valence-corrected chi connectivity index (χ3v) is 15.5. The van der Waals surface area contributed by atoms with Crippen LogP contribution in [0.3, 0.4) is 0 Å². The number of ether oxygens (including phenoxy) is 10. The number of hydrogen-bond acceptors (Lipinski definition) is 13. The summed E-state index contributed by atoms with van der Waals surface area (Å²) in [7, 11) is 0. The van der Waals surface area contributed by atoms with Gasteiger partial charge in [0.25, 0.3) is 0 Å². The van der Waals surface area contributed by atoms with Gasteiger partial charge in [-0.1, -0.05) is 27.0 Å². The Morgan fingerprint density at radius 2 is 1.45 bits per heavy atom. The average molecular weight is 771 g/mol. The molecule has 23 atom stereocenters. The van der Waals surface area contributed by atoms with E-state index in [0.29, 0.717) is 44.4 Å². The predicted molar refractivity (Wildman–Crippen MR) is 190 cm³/mol. The molecule has 17 unspecified atom stereocenters. The van der Waals surface area contributed by atoms with E-state index >= 15 is 0 Å². The van der Waals surface area contributed by atoms with E-state index in [9.17, 15) is 15.0 Å². The molecular formula is C42H58O13. The third kappa shape index (κ3) is 5.99. The third-order valence-electron chi connectivity index (χ3n) is 15.5. The normalized spacial score (nSPS) is 58.0. The van der Waals surface area contributed by atoms with Gasteiger partial charge in [-0.2, -0.15) is 0 Å². The molecule has 13 aliphatic rings. The Bertz CT molecular complexity index is 1560. The van der Waals surface area contributed by atoms with Crippen molar-refractivity contribution in [1.82, 2.24) is 0 Å². The maximum atomic E-state index is 14.0. The minimum Gasteiger partial charge on any atom is -0.459 e. The molecule has 55 heavy (non-hydrogen) atoms. The van der Waals surface area contributed by atoms with Gasteiger partial charge in [-0.05, 0) is 61.5 Å². The van der Waals surface area contributed by atoms with Crippen molar-refractivity contribution in [3.05, 3.63) is 24.3 Å². The zero-order chi connectivity index (χ0) is 37.5. The molecule has 13 rings (SSSR count). The van der Waals surface area contributed by atoms with Crippen LogP contribution < -0.4 is 0 Å². The molecule has 1 aliphatic carbocycles. The monoisotopic (exact) mass is 770 g/mol. The highest BCUT2D eigenvalue weighted by molar-refractivity contribution is 5.70. The lowest BCUT2D eigenvalue weighted by molar-refractivity contribution is -0.294. The van der Waals surface area contributed by atoms with Crippen LogP contribution in [0.5, 0.6) is 0 Å². The Labute approximate surface area is 322 Å². The highest BCUT2D eigenvalue weighted by Crippen LogP contribution is 2.62. The first-order chi connectivity index (χ1) is 26.6. The summed E-state index contributed by atoms with van der Waals surface area (Å²) in [6, 6.07) is 0. The summed E-state index contributed by atoms with van der Waals surface area (Å²) < 4.78 is 67.1. The van der Waals surface area contributed by atoms with Gasteiger partial charge in [0.15, 0.2) is 5.79 Å². The summed E-state index contributed by atoms with van der Waals surface area (Å²) in [5, 5.41) is 20.6. The molecule has 12 aliphatic heterocycles. The van der Waals surface area contributed by atoms with Crippen LogP contribution in [-0.4, -0.2) is 138 Å². The molecule has 12 saturated heterocycles. The van der Waals surface area contributed by atoms with Gasteiger partial charge in [-0.25, -0.2) is 0 Å². The van der Waals surface area contributed by atoms with E-state index in [1.807, 2.05) is 6.92 Å². The standard InChI is InChI=1S/C42H58O13/c1-17-11-21-5-7-25-19(3)33-23(36(33)49-25)15-42-16-31-38(54-42)39-40(52-31)41(55-42)37-27(51-39)8-6-22(47-37)12-32(45)53-35-20(4)34-29(13-24(44)26(50-34)9-10-43)48-30(35)14-28(46-21)18(17)2/h17,20-31,33-41,43-44H,2-3,5-16H2,1,4H3/t17?,20-,21?,22?,23?,24?,25-,26?,27?,28+,29?,30?,31?,33?,34?,35?,36?,37-,38?,39-,40?,41?,42-/m0/s1. The lowest BCUT2D eigenvalue weighted by atomic mass is 9.79. The molecule has 13 fully saturated rings. The Morgan fingerprint density at radius 3 is 2.27 bits per heavy atom. The zero-order valence-electron chi connectivity index (χ0n) is 32.0. The second-order valence-corrected chi connectivity index (χ2v) is 18.9.